The van der Waals surface area contributed by atoms with Crippen LogP contribution in [0.4, 0.5) is 5.69 Å². The van der Waals surface area contributed by atoms with E-state index in [0.717, 1.165) is 13.0 Å². The average Bonchev–Trinajstić information content (AvgIpc) is 2.92. The number of ether oxygens (including phenoxy) is 1. The van der Waals surface area contributed by atoms with E-state index < -0.39 is 0 Å². The molecule has 1 aromatic rings. The summed E-state index contributed by atoms with van der Waals surface area (Å²) in [5.41, 5.74) is 7.13. The van der Waals surface area contributed by atoms with Crippen molar-refractivity contribution in [3.63, 3.8) is 0 Å². The molecule has 2 rings (SSSR count). The molecule has 0 radical (unpaired) electrons. The van der Waals surface area contributed by atoms with Crippen LogP contribution in [-0.2, 0) is 4.74 Å². The molecule has 0 heterocycles. The van der Waals surface area contributed by atoms with Crippen LogP contribution in [0.2, 0.25) is 0 Å². The molecule has 0 bridgehead atoms. The van der Waals surface area contributed by atoms with Crippen LogP contribution in [0.5, 0.6) is 0 Å². The Labute approximate surface area is 120 Å². The Morgan fingerprint density at radius 2 is 2.05 bits per heavy atom. The molecule has 1 aliphatic rings. The Kier molecular flexibility index (Phi) is 5.01. The third-order valence-electron chi connectivity index (χ3n) is 4.33. The number of carbonyl (C=O) groups is 1. The molecule has 3 N–H and O–H groups in total. The van der Waals surface area contributed by atoms with E-state index in [1.54, 1.807) is 19.2 Å². The average molecular weight is 276 g/mol. The molecule has 1 amide bonds. The summed E-state index contributed by atoms with van der Waals surface area (Å²) in [6.45, 7) is 1.47. The van der Waals surface area contributed by atoms with Gasteiger partial charge in [0.2, 0.25) is 0 Å². The Bertz CT molecular complexity index is 454. The minimum Gasteiger partial charge on any atom is -0.398 e. The van der Waals surface area contributed by atoms with Crippen LogP contribution < -0.4 is 11.1 Å². The van der Waals surface area contributed by atoms with Crippen molar-refractivity contribution in [1.29, 1.82) is 0 Å². The van der Waals surface area contributed by atoms with E-state index in [1.165, 1.54) is 25.7 Å². The van der Waals surface area contributed by atoms with Gasteiger partial charge in [-0.25, -0.2) is 0 Å². The molecule has 0 unspecified atom stereocenters. The van der Waals surface area contributed by atoms with Gasteiger partial charge in [0.05, 0.1) is 5.56 Å². The molecule has 20 heavy (non-hydrogen) atoms. The molecule has 0 aliphatic heterocycles. The Morgan fingerprint density at radius 1 is 1.35 bits per heavy atom. The molecule has 1 aliphatic carbocycles. The second-order valence-corrected chi connectivity index (χ2v) is 5.72. The lowest BCUT2D eigenvalue weighted by atomic mass is 9.83. The summed E-state index contributed by atoms with van der Waals surface area (Å²) in [6, 6.07) is 7.19. The third kappa shape index (κ3) is 3.51. The molecule has 0 aromatic heterocycles. The summed E-state index contributed by atoms with van der Waals surface area (Å²) in [6.07, 6.45) is 5.83. The number of benzene rings is 1. The fourth-order valence-corrected chi connectivity index (χ4v) is 3.03. The van der Waals surface area contributed by atoms with Gasteiger partial charge in [0, 0.05) is 25.9 Å². The van der Waals surface area contributed by atoms with Crippen molar-refractivity contribution < 1.29 is 9.53 Å². The van der Waals surface area contributed by atoms with E-state index in [1.807, 2.05) is 12.1 Å². The molecule has 110 valence electrons. The fraction of sp³-hybridized carbons (Fsp3) is 0.562. The van der Waals surface area contributed by atoms with Crippen LogP contribution in [-0.4, -0.2) is 26.2 Å². The molecular weight excluding hydrogens is 252 g/mol. The number of para-hydroxylation sites is 1. The molecule has 4 nitrogen and oxygen atoms in total. The lowest BCUT2D eigenvalue weighted by Crippen LogP contribution is -2.37. The van der Waals surface area contributed by atoms with Gasteiger partial charge in [0.15, 0.2) is 0 Å². The summed E-state index contributed by atoms with van der Waals surface area (Å²) in [5, 5.41) is 3.06. The summed E-state index contributed by atoms with van der Waals surface area (Å²) in [5.74, 6) is -0.0770. The predicted octanol–water partition coefficient (Wildman–Crippen LogP) is 2.60. The van der Waals surface area contributed by atoms with Gasteiger partial charge in [0.25, 0.3) is 5.91 Å². The largest absolute Gasteiger partial charge is 0.398 e. The zero-order valence-electron chi connectivity index (χ0n) is 12.2. The van der Waals surface area contributed by atoms with E-state index in [2.05, 4.69) is 5.32 Å². The number of hydrogen-bond acceptors (Lipinski definition) is 3. The van der Waals surface area contributed by atoms with Crippen LogP contribution in [0.3, 0.4) is 0 Å². The van der Waals surface area contributed by atoms with Crippen molar-refractivity contribution >= 4 is 11.6 Å². The van der Waals surface area contributed by atoms with Gasteiger partial charge in [-0.3, -0.25) is 4.79 Å². The SMILES string of the molecule is COCCC1(CNC(=O)c2ccccc2N)CCCC1. The van der Waals surface area contributed by atoms with Crippen molar-refractivity contribution in [1.82, 2.24) is 5.32 Å². The minimum atomic E-state index is -0.0770. The molecule has 4 heteroatoms. The van der Waals surface area contributed by atoms with Crippen LogP contribution >= 0.6 is 0 Å². The van der Waals surface area contributed by atoms with Gasteiger partial charge in [-0.05, 0) is 36.8 Å². The maximum atomic E-state index is 12.2. The first-order chi connectivity index (χ1) is 9.67. The number of nitrogens with two attached hydrogens (primary N) is 1. The van der Waals surface area contributed by atoms with E-state index in [-0.39, 0.29) is 11.3 Å². The molecular formula is C16H24N2O2. The van der Waals surface area contributed by atoms with Gasteiger partial charge in [-0.2, -0.15) is 0 Å². The maximum absolute atomic E-state index is 12.2. The standard InChI is InChI=1S/C16H24N2O2/c1-20-11-10-16(8-4-5-9-16)12-18-15(19)13-6-2-3-7-14(13)17/h2-3,6-7H,4-5,8-12,17H2,1H3,(H,18,19). The number of methoxy groups -OCH3 is 1. The Hall–Kier alpha value is -1.55. The zero-order valence-corrected chi connectivity index (χ0v) is 12.2. The highest BCUT2D eigenvalue weighted by Gasteiger charge is 2.33. The summed E-state index contributed by atoms with van der Waals surface area (Å²) < 4.78 is 5.21. The second-order valence-electron chi connectivity index (χ2n) is 5.72. The van der Waals surface area contributed by atoms with Crippen LogP contribution in [0.15, 0.2) is 24.3 Å². The first-order valence-electron chi connectivity index (χ1n) is 7.28. The summed E-state index contributed by atoms with van der Waals surface area (Å²) in [4.78, 5) is 12.2. The maximum Gasteiger partial charge on any atom is 0.253 e. The highest BCUT2D eigenvalue weighted by Crippen LogP contribution is 2.40. The number of carbonyl (C=O) groups excluding carboxylic acids is 1. The molecule has 1 saturated carbocycles. The van der Waals surface area contributed by atoms with Crippen molar-refractivity contribution in [3.05, 3.63) is 29.8 Å². The van der Waals surface area contributed by atoms with Gasteiger partial charge < -0.3 is 15.8 Å². The normalized spacial score (nSPS) is 17.1. The van der Waals surface area contributed by atoms with Gasteiger partial charge in [-0.1, -0.05) is 25.0 Å². The lowest BCUT2D eigenvalue weighted by Gasteiger charge is -2.29. The molecule has 0 atom stereocenters. The highest BCUT2D eigenvalue weighted by atomic mass is 16.5. The zero-order chi connectivity index (χ0) is 14.4. The van der Waals surface area contributed by atoms with Crippen LogP contribution in [0, 0.1) is 5.41 Å². The monoisotopic (exact) mass is 276 g/mol. The third-order valence-corrected chi connectivity index (χ3v) is 4.33. The van der Waals surface area contributed by atoms with Crippen molar-refractivity contribution in [2.24, 2.45) is 5.41 Å². The van der Waals surface area contributed by atoms with Crippen molar-refractivity contribution in [3.8, 4) is 0 Å². The molecule has 1 fully saturated rings. The van der Waals surface area contributed by atoms with Gasteiger partial charge in [0.1, 0.15) is 0 Å². The van der Waals surface area contributed by atoms with Gasteiger partial charge >= 0.3 is 0 Å². The molecule has 0 saturated heterocycles. The highest BCUT2D eigenvalue weighted by molar-refractivity contribution is 5.99. The fourth-order valence-electron chi connectivity index (χ4n) is 3.03. The Morgan fingerprint density at radius 3 is 2.70 bits per heavy atom. The number of hydrogen-bond donors (Lipinski definition) is 2. The van der Waals surface area contributed by atoms with E-state index >= 15 is 0 Å². The summed E-state index contributed by atoms with van der Waals surface area (Å²) >= 11 is 0. The number of anilines is 1. The van der Waals surface area contributed by atoms with Gasteiger partial charge in [-0.15, -0.1) is 0 Å². The number of rotatable bonds is 6. The quantitative estimate of drug-likeness (QED) is 0.785. The van der Waals surface area contributed by atoms with E-state index in [9.17, 15) is 4.79 Å². The van der Waals surface area contributed by atoms with Crippen molar-refractivity contribution in [2.45, 2.75) is 32.1 Å². The number of nitrogens with one attached hydrogen (secondary N) is 1. The lowest BCUT2D eigenvalue weighted by molar-refractivity contribution is 0.0904. The smallest absolute Gasteiger partial charge is 0.253 e. The Balaban J connectivity index is 1.96. The predicted molar refractivity (Wildman–Crippen MR) is 80.6 cm³/mol. The van der Waals surface area contributed by atoms with Crippen LogP contribution in [0.1, 0.15) is 42.5 Å². The van der Waals surface area contributed by atoms with E-state index in [4.69, 9.17) is 10.5 Å². The minimum absolute atomic E-state index is 0.0770. The molecule has 0 spiro atoms. The van der Waals surface area contributed by atoms with Crippen molar-refractivity contribution in [2.75, 3.05) is 26.0 Å². The first-order valence-corrected chi connectivity index (χ1v) is 7.28. The van der Waals surface area contributed by atoms with Crippen LogP contribution in [0.25, 0.3) is 0 Å². The summed E-state index contributed by atoms with van der Waals surface area (Å²) in [7, 11) is 1.73. The second kappa shape index (κ2) is 6.75. The number of amides is 1. The topological polar surface area (TPSA) is 64.3 Å². The first kappa shape index (κ1) is 14.9. The molecule has 1 aromatic carbocycles. The number of nitrogen functional groups attached to an aromatic ring is 1. The van der Waals surface area contributed by atoms with E-state index in [0.29, 0.717) is 17.8 Å².